The van der Waals surface area contributed by atoms with Crippen LogP contribution in [0, 0.1) is 5.41 Å². The second-order valence-electron chi connectivity index (χ2n) is 4.79. The maximum atomic E-state index is 11.0. The number of nitrogens with one attached hydrogen (secondary N) is 1. The van der Waals surface area contributed by atoms with Crippen molar-refractivity contribution < 1.29 is 13.5 Å². The summed E-state index contributed by atoms with van der Waals surface area (Å²) < 4.78 is 22.0. The van der Waals surface area contributed by atoms with Crippen LogP contribution in [0.4, 0.5) is 5.13 Å². The third-order valence-corrected chi connectivity index (χ3v) is 4.57. The molecule has 1 rings (SSSR count). The third kappa shape index (κ3) is 4.23. The summed E-state index contributed by atoms with van der Waals surface area (Å²) in [5.41, 5.74) is -0.243. The van der Waals surface area contributed by atoms with E-state index in [0.29, 0.717) is 11.7 Å². The normalized spacial score (nSPS) is 14.6. The van der Waals surface area contributed by atoms with Gasteiger partial charge in [0.2, 0.25) is 10.0 Å². The topological polar surface area (TPSA) is 105 Å². The summed E-state index contributed by atoms with van der Waals surface area (Å²) in [5, 5.41) is 18.1. The van der Waals surface area contributed by atoms with Crippen LogP contribution < -0.4 is 10.5 Å². The number of rotatable bonds is 4. The Balaban J connectivity index is 2.63. The molecule has 0 radical (unpaired) electrons. The number of anilines is 1. The van der Waals surface area contributed by atoms with Crippen LogP contribution in [0.1, 0.15) is 20.8 Å². The van der Waals surface area contributed by atoms with Crippen molar-refractivity contribution in [2.24, 2.45) is 10.6 Å². The summed E-state index contributed by atoms with van der Waals surface area (Å²) >= 11 is 0.946. The molecular weight excluding hydrogens is 262 g/mol. The minimum Gasteiger partial charge on any atom is -0.391 e. The number of aliphatic hydroxyl groups is 1. The van der Waals surface area contributed by atoms with E-state index in [1.165, 1.54) is 6.20 Å². The van der Waals surface area contributed by atoms with Gasteiger partial charge in [-0.25, -0.2) is 18.5 Å². The second-order valence-corrected chi connectivity index (χ2v) is 7.61. The second kappa shape index (κ2) is 4.89. The first-order chi connectivity index (χ1) is 7.60. The number of nitrogens with two attached hydrogens (primary N) is 1. The average molecular weight is 279 g/mol. The number of hydrogen-bond donors (Lipinski definition) is 3. The molecule has 0 fully saturated rings. The Labute approximate surface area is 105 Å². The van der Waals surface area contributed by atoms with E-state index in [-0.39, 0.29) is 9.62 Å². The van der Waals surface area contributed by atoms with Gasteiger partial charge in [-0.05, 0) is 5.41 Å². The Hall–Kier alpha value is -0.700. The molecule has 1 unspecified atom stereocenters. The lowest BCUT2D eigenvalue weighted by Gasteiger charge is -2.25. The van der Waals surface area contributed by atoms with Gasteiger partial charge in [0.05, 0.1) is 12.3 Å². The molecular formula is C9H17N3O3S2. The summed E-state index contributed by atoms with van der Waals surface area (Å²) in [4.78, 5) is 3.87. The van der Waals surface area contributed by atoms with Gasteiger partial charge in [0.1, 0.15) is 0 Å². The molecule has 0 amide bonds. The van der Waals surface area contributed by atoms with E-state index >= 15 is 0 Å². The van der Waals surface area contributed by atoms with Crippen molar-refractivity contribution in [3.05, 3.63) is 6.20 Å². The minimum atomic E-state index is -3.70. The molecule has 1 aromatic rings. The van der Waals surface area contributed by atoms with E-state index in [9.17, 15) is 13.5 Å². The van der Waals surface area contributed by atoms with E-state index in [2.05, 4.69) is 10.3 Å². The molecule has 0 spiro atoms. The first-order valence-electron chi connectivity index (χ1n) is 5.01. The lowest BCUT2D eigenvalue weighted by molar-refractivity contribution is 0.0746. The maximum absolute atomic E-state index is 11.0. The van der Waals surface area contributed by atoms with Crippen LogP contribution in [0.15, 0.2) is 10.4 Å². The first-order valence-corrected chi connectivity index (χ1v) is 7.37. The molecule has 98 valence electrons. The highest BCUT2D eigenvalue weighted by atomic mass is 32.2. The van der Waals surface area contributed by atoms with Crippen LogP contribution in [0.3, 0.4) is 0 Å². The molecule has 0 aliphatic heterocycles. The van der Waals surface area contributed by atoms with Crippen LogP contribution in [0.25, 0.3) is 0 Å². The quantitative estimate of drug-likeness (QED) is 0.749. The Kier molecular flexibility index (Phi) is 4.13. The predicted octanol–water partition coefficient (Wildman–Crippen LogP) is 0.609. The summed E-state index contributed by atoms with van der Waals surface area (Å²) in [6, 6.07) is 0. The zero-order chi connectivity index (χ0) is 13.3. The van der Waals surface area contributed by atoms with Crippen molar-refractivity contribution in [2.75, 3.05) is 11.9 Å². The van der Waals surface area contributed by atoms with Crippen LogP contribution in [-0.2, 0) is 10.0 Å². The minimum absolute atomic E-state index is 0.00486. The fraction of sp³-hybridized carbons (Fsp3) is 0.667. The summed E-state index contributed by atoms with van der Waals surface area (Å²) in [5.74, 6) is 0. The fourth-order valence-corrected chi connectivity index (χ4v) is 2.42. The van der Waals surface area contributed by atoms with Gasteiger partial charge < -0.3 is 10.4 Å². The summed E-state index contributed by atoms with van der Waals surface area (Å²) in [7, 11) is -3.70. The summed E-state index contributed by atoms with van der Waals surface area (Å²) in [6.07, 6.45) is 0.649. The Bertz CT molecular complexity index is 476. The van der Waals surface area contributed by atoms with E-state index in [1.807, 2.05) is 20.8 Å². The molecule has 8 heteroatoms. The number of sulfonamides is 1. The fourth-order valence-electron chi connectivity index (χ4n) is 0.963. The highest BCUT2D eigenvalue weighted by Gasteiger charge is 2.22. The van der Waals surface area contributed by atoms with Gasteiger partial charge in [0, 0.05) is 6.54 Å². The SMILES string of the molecule is CC(C)(C)C(O)CNc1ncc(S(N)(=O)=O)s1. The Morgan fingerprint density at radius 2 is 2.18 bits per heavy atom. The number of aliphatic hydroxyl groups excluding tert-OH is 1. The van der Waals surface area contributed by atoms with E-state index in [1.54, 1.807) is 0 Å². The molecule has 0 aliphatic rings. The average Bonchev–Trinajstić information content (AvgIpc) is 2.59. The van der Waals surface area contributed by atoms with Gasteiger partial charge in [-0.2, -0.15) is 0 Å². The van der Waals surface area contributed by atoms with Crippen LogP contribution in [0.2, 0.25) is 0 Å². The molecule has 1 aromatic heterocycles. The molecule has 1 heterocycles. The number of primary sulfonamides is 1. The van der Waals surface area contributed by atoms with Crippen LogP contribution >= 0.6 is 11.3 Å². The molecule has 0 saturated heterocycles. The van der Waals surface area contributed by atoms with Crippen molar-refractivity contribution in [1.29, 1.82) is 0 Å². The molecule has 1 atom stereocenters. The molecule has 0 bridgehead atoms. The maximum Gasteiger partial charge on any atom is 0.249 e. The zero-order valence-electron chi connectivity index (χ0n) is 9.97. The monoisotopic (exact) mass is 279 g/mol. The highest BCUT2D eigenvalue weighted by molar-refractivity contribution is 7.91. The molecule has 0 aliphatic carbocycles. The van der Waals surface area contributed by atoms with Crippen molar-refractivity contribution >= 4 is 26.5 Å². The number of hydrogen-bond acceptors (Lipinski definition) is 6. The van der Waals surface area contributed by atoms with Gasteiger partial charge in [-0.15, -0.1) is 0 Å². The van der Waals surface area contributed by atoms with Gasteiger partial charge in [0.15, 0.2) is 9.34 Å². The van der Waals surface area contributed by atoms with Gasteiger partial charge in [-0.3, -0.25) is 0 Å². The molecule has 0 saturated carbocycles. The highest BCUT2D eigenvalue weighted by Crippen LogP contribution is 2.23. The lowest BCUT2D eigenvalue weighted by Crippen LogP contribution is -2.32. The van der Waals surface area contributed by atoms with E-state index in [4.69, 9.17) is 5.14 Å². The van der Waals surface area contributed by atoms with Crippen molar-refractivity contribution in [3.8, 4) is 0 Å². The van der Waals surface area contributed by atoms with Gasteiger partial charge in [0.25, 0.3) is 0 Å². The van der Waals surface area contributed by atoms with E-state index < -0.39 is 16.1 Å². The van der Waals surface area contributed by atoms with E-state index in [0.717, 1.165) is 11.3 Å². The molecule has 17 heavy (non-hydrogen) atoms. The number of aromatic nitrogens is 1. The Morgan fingerprint density at radius 3 is 2.59 bits per heavy atom. The summed E-state index contributed by atoms with van der Waals surface area (Å²) in [6.45, 7) is 6.05. The standard InChI is InChI=1S/C9H17N3O3S2/c1-9(2,3)6(13)4-11-8-12-5-7(16-8)17(10,14)15/h5-6,13H,4H2,1-3H3,(H,11,12)(H2,10,14,15). The number of nitrogens with zero attached hydrogens (tertiary/aromatic N) is 1. The van der Waals surface area contributed by atoms with Gasteiger partial charge in [-0.1, -0.05) is 32.1 Å². The first kappa shape index (κ1) is 14.4. The molecule has 4 N–H and O–H groups in total. The molecule has 6 nitrogen and oxygen atoms in total. The predicted molar refractivity (Wildman–Crippen MR) is 67.4 cm³/mol. The van der Waals surface area contributed by atoms with Gasteiger partial charge >= 0.3 is 0 Å². The lowest BCUT2D eigenvalue weighted by atomic mass is 9.89. The van der Waals surface area contributed by atoms with Crippen molar-refractivity contribution in [3.63, 3.8) is 0 Å². The Morgan fingerprint density at radius 1 is 1.59 bits per heavy atom. The zero-order valence-corrected chi connectivity index (χ0v) is 11.6. The van der Waals surface area contributed by atoms with Crippen molar-refractivity contribution in [1.82, 2.24) is 4.98 Å². The van der Waals surface area contributed by atoms with Crippen molar-refractivity contribution in [2.45, 2.75) is 31.1 Å². The third-order valence-electron chi connectivity index (χ3n) is 2.21. The number of thiazole rings is 1. The largest absolute Gasteiger partial charge is 0.391 e. The molecule has 0 aromatic carbocycles. The smallest absolute Gasteiger partial charge is 0.249 e. The van der Waals surface area contributed by atoms with Crippen LogP contribution in [-0.4, -0.2) is 31.2 Å². The van der Waals surface area contributed by atoms with Crippen LogP contribution in [0.5, 0.6) is 0 Å².